The van der Waals surface area contributed by atoms with Gasteiger partial charge in [0.15, 0.2) is 10.9 Å². The highest BCUT2D eigenvalue weighted by molar-refractivity contribution is 7.80. The molecular formula is C29H26Cl2N6O2S. The number of nitrogens with one attached hydrogen (secondary N) is 2. The van der Waals surface area contributed by atoms with Gasteiger partial charge >= 0.3 is 0 Å². The number of halogens is 2. The van der Waals surface area contributed by atoms with E-state index in [1.807, 2.05) is 31.2 Å². The van der Waals surface area contributed by atoms with Crippen LogP contribution in [0.15, 0.2) is 71.1 Å². The summed E-state index contributed by atoms with van der Waals surface area (Å²) in [4.78, 5) is 16.7. The first-order valence-electron chi connectivity index (χ1n) is 12.7. The molecule has 2 aromatic heterocycles. The zero-order valence-electron chi connectivity index (χ0n) is 22.0. The second-order valence-electron chi connectivity index (χ2n) is 9.03. The van der Waals surface area contributed by atoms with Crippen molar-refractivity contribution in [1.29, 1.82) is 0 Å². The average molecular weight is 594 g/mol. The van der Waals surface area contributed by atoms with Gasteiger partial charge in [0.05, 0.1) is 10.7 Å². The lowest BCUT2D eigenvalue weighted by Crippen LogP contribution is -2.34. The summed E-state index contributed by atoms with van der Waals surface area (Å²) in [6, 6.07) is 20.1. The fourth-order valence-corrected chi connectivity index (χ4v) is 4.90. The van der Waals surface area contributed by atoms with E-state index in [0.717, 1.165) is 35.5 Å². The zero-order chi connectivity index (χ0) is 28.4. The van der Waals surface area contributed by atoms with Crippen molar-refractivity contribution in [3.63, 3.8) is 0 Å². The highest BCUT2D eigenvalue weighted by atomic mass is 35.5. The molecule has 3 aromatic carbocycles. The third kappa shape index (κ3) is 5.82. The number of anilines is 2. The topological polar surface area (TPSA) is 88.2 Å². The molecule has 1 amide bonds. The first-order chi connectivity index (χ1) is 19.2. The Morgan fingerprint density at radius 2 is 1.68 bits per heavy atom. The minimum Gasteiger partial charge on any atom is -0.451 e. The van der Waals surface area contributed by atoms with Gasteiger partial charge in [-0.05, 0) is 105 Å². The summed E-state index contributed by atoms with van der Waals surface area (Å²) in [6.45, 7) is 8.08. The third-order valence-electron chi connectivity index (χ3n) is 6.43. The Balaban J connectivity index is 1.29. The van der Waals surface area contributed by atoms with Crippen molar-refractivity contribution in [2.75, 3.05) is 23.3 Å². The van der Waals surface area contributed by atoms with Crippen LogP contribution in [-0.4, -0.2) is 39.1 Å². The number of thiocarbonyl (C=S) groups is 1. The molecule has 0 saturated carbocycles. The monoisotopic (exact) mass is 592 g/mol. The molecule has 0 bridgehead atoms. The van der Waals surface area contributed by atoms with E-state index in [2.05, 4.69) is 51.7 Å². The molecular weight excluding hydrogens is 567 g/mol. The van der Waals surface area contributed by atoms with E-state index in [9.17, 15) is 4.79 Å². The van der Waals surface area contributed by atoms with Gasteiger partial charge in [-0.2, -0.15) is 4.80 Å². The summed E-state index contributed by atoms with van der Waals surface area (Å²) in [6.07, 6.45) is 0. The Kier molecular flexibility index (Phi) is 8.07. The number of benzene rings is 3. The van der Waals surface area contributed by atoms with Gasteiger partial charge in [-0.1, -0.05) is 23.2 Å². The number of furan rings is 1. The number of aryl methyl sites for hydroxylation is 1. The van der Waals surface area contributed by atoms with Gasteiger partial charge in [0.25, 0.3) is 5.91 Å². The number of amides is 1. The van der Waals surface area contributed by atoms with E-state index in [1.54, 1.807) is 35.1 Å². The molecule has 11 heteroatoms. The van der Waals surface area contributed by atoms with Crippen molar-refractivity contribution in [3.8, 4) is 17.0 Å². The van der Waals surface area contributed by atoms with Crippen molar-refractivity contribution < 1.29 is 9.21 Å². The molecule has 2 N–H and O–H groups in total. The predicted molar refractivity (Wildman–Crippen MR) is 165 cm³/mol. The van der Waals surface area contributed by atoms with E-state index < -0.39 is 5.91 Å². The van der Waals surface area contributed by atoms with Crippen LogP contribution in [0.5, 0.6) is 0 Å². The summed E-state index contributed by atoms with van der Waals surface area (Å²) in [5.74, 6) is 0.000611. The lowest BCUT2D eigenvalue weighted by Gasteiger charge is -2.20. The molecule has 40 heavy (non-hydrogen) atoms. The van der Waals surface area contributed by atoms with Gasteiger partial charge in [-0.25, -0.2) is 0 Å². The Bertz CT molecular complexity index is 1710. The van der Waals surface area contributed by atoms with Crippen LogP contribution in [0.3, 0.4) is 0 Å². The van der Waals surface area contributed by atoms with E-state index in [-0.39, 0.29) is 10.9 Å². The van der Waals surface area contributed by atoms with Gasteiger partial charge in [0.1, 0.15) is 16.8 Å². The van der Waals surface area contributed by atoms with Gasteiger partial charge in [0.2, 0.25) is 0 Å². The number of nitrogens with zero attached hydrogens (tertiary/aromatic N) is 4. The third-order valence-corrected chi connectivity index (χ3v) is 7.20. The number of rotatable bonds is 7. The number of hydrogen-bond acceptors (Lipinski definition) is 6. The number of fused-ring (bicyclic) bond motifs is 1. The predicted octanol–water partition coefficient (Wildman–Crippen LogP) is 7.27. The first-order valence-corrected chi connectivity index (χ1v) is 13.8. The van der Waals surface area contributed by atoms with Crippen molar-refractivity contribution in [2.45, 2.75) is 20.8 Å². The first kappa shape index (κ1) is 27.6. The lowest BCUT2D eigenvalue weighted by atomic mass is 10.2. The van der Waals surface area contributed by atoms with Crippen LogP contribution in [0.4, 0.5) is 11.4 Å². The second kappa shape index (κ2) is 11.7. The van der Waals surface area contributed by atoms with E-state index in [1.165, 1.54) is 0 Å². The Labute approximate surface area is 246 Å². The molecule has 0 fully saturated rings. The minimum atomic E-state index is -0.500. The Hall–Kier alpha value is -3.92. The molecule has 2 heterocycles. The van der Waals surface area contributed by atoms with Gasteiger partial charge in [-0.3, -0.25) is 10.1 Å². The lowest BCUT2D eigenvalue weighted by molar-refractivity contribution is 0.0951. The van der Waals surface area contributed by atoms with E-state index in [4.69, 9.17) is 39.8 Å². The van der Waals surface area contributed by atoms with Crippen LogP contribution in [0, 0.1) is 6.92 Å². The summed E-state index contributed by atoms with van der Waals surface area (Å²) < 4.78 is 5.71. The molecule has 8 nitrogen and oxygen atoms in total. The SMILES string of the molecule is CCN(CC)c1ccc(-n2nc3cc(C)c(NC(=S)NC(=O)c4ccc(-c5cc(Cl)ccc5Cl)o4)cc3n2)cc1. The number of carbonyl (C=O) groups excluding carboxylic acids is 1. The van der Waals surface area contributed by atoms with E-state index >= 15 is 0 Å². The van der Waals surface area contributed by atoms with E-state index in [0.29, 0.717) is 32.6 Å². The maximum atomic E-state index is 12.8. The van der Waals surface area contributed by atoms with Crippen molar-refractivity contribution in [3.05, 3.63) is 88.1 Å². The largest absolute Gasteiger partial charge is 0.451 e. The minimum absolute atomic E-state index is 0.0809. The molecule has 0 aliphatic carbocycles. The maximum Gasteiger partial charge on any atom is 0.293 e. The van der Waals surface area contributed by atoms with Crippen molar-refractivity contribution in [1.82, 2.24) is 20.3 Å². The standard InChI is InChI=1S/C29H26Cl2N6O2S/c1-4-36(5-2)19-7-9-20(10-8-19)37-34-24-14-17(3)23(16-25(24)35-37)32-29(40)33-28(38)27-13-12-26(39-27)21-15-18(30)6-11-22(21)31/h6-16H,4-5H2,1-3H3,(H2,32,33,38,40). The van der Waals surface area contributed by atoms with Crippen LogP contribution in [0.2, 0.25) is 10.0 Å². The Morgan fingerprint density at radius 3 is 2.38 bits per heavy atom. The molecule has 0 unspecified atom stereocenters. The van der Waals surface area contributed by atoms with Crippen LogP contribution >= 0.6 is 35.4 Å². The smallest absolute Gasteiger partial charge is 0.293 e. The molecule has 5 rings (SSSR count). The fourth-order valence-electron chi connectivity index (χ4n) is 4.31. The highest BCUT2D eigenvalue weighted by Gasteiger charge is 2.17. The molecule has 204 valence electrons. The van der Waals surface area contributed by atoms with Crippen LogP contribution in [-0.2, 0) is 0 Å². The molecule has 0 spiro atoms. The van der Waals surface area contributed by atoms with Crippen LogP contribution < -0.4 is 15.5 Å². The highest BCUT2D eigenvalue weighted by Crippen LogP contribution is 2.32. The molecule has 0 aliphatic rings. The quantitative estimate of drug-likeness (QED) is 0.192. The van der Waals surface area contributed by atoms with Gasteiger partial charge in [-0.15, -0.1) is 10.2 Å². The van der Waals surface area contributed by atoms with Crippen molar-refractivity contribution in [2.24, 2.45) is 0 Å². The molecule has 0 radical (unpaired) electrons. The molecule has 0 aliphatic heterocycles. The van der Waals surface area contributed by atoms with Crippen LogP contribution in [0.25, 0.3) is 28.0 Å². The van der Waals surface area contributed by atoms with Crippen molar-refractivity contribution >= 4 is 68.8 Å². The number of aromatic nitrogens is 3. The van der Waals surface area contributed by atoms with Gasteiger partial charge in [0, 0.05) is 35.1 Å². The fraction of sp³-hybridized carbons (Fsp3) is 0.172. The number of carbonyl (C=O) groups is 1. The summed E-state index contributed by atoms with van der Waals surface area (Å²) in [5, 5.41) is 16.1. The normalized spacial score (nSPS) is 11.0. The Morgan fingerprint density at radius 1 is 0.975 bits per heavy atom. The average Bonchev–Trinajstić information content (AvgIpc) is 3.59. The maximum absolute atomic E-state index is 12.8. The molecule has 0 atom stereocenters. The summed E-state index contributed by atoms with van der Waals surface area (Å²) in [7, 11) is 0. The number of hydrogen-bond donors (Lipinski definition) is 2. The zero-order valence-corrected chi connectivity index (χ0v) is 24.4. The second-order valence-corrected chi connectivity index (χ2v) is 10.3. The summed E-state index contributed by atoms with van der Waals surface area (Å²) >= 11 is 17.7. The van der Waals surface area contributed by atoms with Gasteiger partial charge < -0.3 is 14.6 Å². The summed E-state index contributed by atoms with van der Waals surface area (Å²) in [5.41, 5.74) is 5.63. The van der Waals surface area contributed by atoms with Crippen LogP contribution in [0.1, 0.15) is 30.0 Å². The molecule has 0 saturated heterocycles. The molecule has 5 aromatic rings.